The molecule has 1 heterocycles. The van der Waals surface area contributed by atoms with E-state index in [1.807, 2.05) is 17.0 Å². The van der Waals surface area contributed by atoms with Gasteiger partial charge in [-0.3, -0.25) is 9.69 Å². The molecule has 1 aromatic carbocycles. The molecule has 1 fully saturated rings. The summed E-state index contributed by atoms with van der Waals surface area (Å²) >= 11 is 0. The Bertz CT molecular complexity index is 670. The first-order valence-corrected chi connectivity index (χ1v) is 9.70. The molecule has 7 heteroatoms. The van der Waals surface area contributed by atoms with Crippen molar-refractivity contribution in [3.8, 4) is 0 Å². The molecule has 0 bridgehead atoms. The van der Waals surface area contributed by atoms with Crippen molar-refractivity contribution < 1.29 is 13.2 Å². The van der Waals surface area contributed by atoms with E-state index in [9.17, 15) is 13.2 Å². The summed E-state index contributed by atoms with van der Waals surface area (Å²) in [6, 6.07) is 6.94. The first-order chi connectivity index (χ1) is 11.1. The number of benzene rings is 1. The number of rotatable bonds is 5. The van der Waals surface area contributed by atoms with E-state index in [0.29, 0.717) is 25.9 Å². The van der Waals surface area contributed by atoms with Crippen molar-refractivity contribution >= 4 is 15.9 Å². The molecule has 3 N–H and O–H groups in total. The van der Waals surface area contributed by atoms with Gasteiger partial charge in [-0.2, -0.15) is 0 Å². The van der Waals surface area contributed by atoms with E-state index in [2.05, 4.69) is 25.5 Å². The van der Waals surface area contributed by atoms with Crippen LogP contribution in [0.3, 0.4) is 0 Å². The summed E-state index contributed by atoms with van der Waals surface area (Å²) in [4.78, 5) is 13.2. The van der Waals surface area contributed by atoms with Gasteiger partial charge >= 0.3 is 0 Å². The number of nitrogens with two attached hydrogens (primary N) is 1. The second kappa shape index (κ2) is 7.21. The zero-order valence-corrected chi connectivity index (χ0v) is 15.4. The lowest BCUT2D eigenvalue weighted by molar-refractivity contribution is -0.119. The molecule has 0 unspecified atom stereocenters. The Balaban J connectivity index is 1.98. The van der Waals surface area contributed by atoms with E-state index < -0.39 is 10.0 Å². The van der Waals surface area contributed by atoms with Crippen LogP contribution in [0.1, 0.15) is 39.2 Å². The quantitative estimate of drug-likeness (QED) is 0.832. The zero-order chi connectivity index (χ0) is 18.0. The first-order valence-electron chi connectivity index (χ1n) is 8.21. The van der Waals surface area contributed by atoms with Gasteiger partial charge < -0.3 is 5.73 Å². The molecule has 1 aromatic rings. The minimum Gasteiger partial charge on any atom is -0.369 e. The third kappa shape index (κ3) is 5.03. The average molecular weight is 353 g/mol. The number of nitrogens with one attached hydrogen (secondary N) is 1. The van der Waals surface area contributed by atoms with Crippen molar-refractivity contribution in [2.45, 2.75) is 50.0 Å². The molecular weight excluding hydrogens is 326 g/mol. The number of hydrogen-bond donors (Lipinski definition) is 2. The molecule has 134 valence electrons. The summed E-state index contributed by atoms with van der Waals surface area (Å²) in [5.74, 6) is -0.354. The van der Waals surface area contributed by atoms with Crippen molar-refractivity contribution in [2.75, 3.05) is 19.6 Å². The Kier molecular flexibility index (Phi) is 5.67. The number of primary amides is 1. The summed E-state index contributed by atoms with van der Waals surface area (Å²) in [6.45, 7) is 7.84. The molecule has 6 nitrogen and oxygen atoms in total. The number of carbonyl (C=O) groups is 1. The molecule has 0 aromatic heterocycles. The van der Waals surface area contributed by atoms with E-state index in [1.54, 1.807) is 12.1 Å². The Morgan fingerprint density at radius 1 is 1.21 bits per heavy atom. The predicted molar refractivity (Wildman–Crippen MR) is 94.1 cm³/mol. The van der Waals surface area contributed by atoms with E-state index in [0.717, 1.165) is 5.56 Å². The smallest absolute Gasteiger partial charge is 0.240 e. The summed E-state index contributed by atoms with van der Waals surface area (Å²) in [6.07, 6.45) is 1.35. The zero-order valence-electron chi connectivity index (χ0n) is 14.6. The fourth-order valence-corrected chi connectivity index (χ4v) is 4.16. The number of likely N-dealkylation sites (tertiary alicyclic amines) is 1. The number of amides is 1. The maximum absolute atomic E-state index is 12.5. The fraction of sp³-hybridized carbons (Fsp3) is 0.588. The second-order valence-electron chi connectivity index (χ2n) is 7.41. The lowest BCUT2D eigenvalue weighted by Gasteiger charge is -2.31. The molecule has 1 aliphatic rings. The number of piperidine rings is 1. The summed E-state index contributed by atoms with van der Waals surface area (Å²) in [7, 11) is -3.52. The van der Waals surface area contributed by atoms with E-state index in [4.69, 9.17) is 5.73 Å². The maximum atomic E-state index is 12.5. The standard InChI is InChI=1S/C17H27N3O3S/c1-17(2,3)13-4-6-15(7-5-13)24(22,23)19-14-8-10-20(11-9-14)12-16(18)21/h4-7,14,19H,8-12H2,1-3H3,(H2,18,21). The van der Waals surface area contributed by atoms with Crippen LogP contribution in [0.25, 0.3) is 0 Å². The molecule has 0 atom stereocenters. The van der Waals surface area contributed by atoms with Gasteiger partial charge in [0, 0.05) is 19.1 Å². The van der Waals surface area contributed by atoms with Crippen molar-refractivity contribution in [1.82, 2.24) is 9.62 Å². The number of sulfonamides is 1. The van der Waals surface area contributed by atoms with Crippen LogP contribution < -0.4 is 10.5 Å². The van der Waals surface area contributed by atoms with Crippen LogP contribution >= 0.6 is 0 Å². The molecule has 1 amide bonds. The van der Waals surface area contributed by atoms with Crippen LogP contribution in [0.2, 0.25) is 0 Å². The lowest BCUT2D eigenvalue weighted by atomic mass is 9.87. The van der Waals surface area contributed by atoms with E-state index in [-0.39, 0.29) is 28.8 Å². The SMILES string of the molecule is CC(C)(C)c1ccc(S(=O)(=O)NC2CCN(CC(N)=O)CC2)cc1. The number of carbonyl (C=O) groups excluding carboxylic acids is 1. The van der Waals surface area contributed by atoms with Crippen molar-refractivity contribution in [2.24, 2.45) is 5.73 Å². The molecule has 0 spiro atoms. The van der Waals surface area contributed by atoms with Crippen molar-refractivity contribution in [1.29, 1.82) is 0 Å². The molecule has 2 rings (SSSR count). The van der Waals surface area contributed by atoms with Gasteiger partial charge in [-0.05, 0) is 36.0 Å². The Morgan fingerprint density at radius 3 is 2.21 bits per heavy atom. The highest BCUT2D eigenvalue weighted by Gasteiger charge is 2.25. The van der Waals surface area contributed by atoms with Gasteiger partial charge in [-0.15, -0.1) is 0 Å². The Labute approximate surface area is 144 Å². The highest BCUT2D eigenvalue weighted by molar-refractivity contribution is 7.89. The van der Waals surface area contributed by atoms with Gasteiger partial charge in [0.2, 0.25) is 15.9 Å². The highest BCUT2D eigenvalue weighted by atomic mass is 32.2. The Morgan fingerprint density at radius 2 is 1.75 bits per heavy atom. The molecule has 0 aliphatic carbocycles. The van der Waals surface area contributed by atoms with E-state index in [1.165, 1.54) is 0 Å². The molecule has 24 heavy (non-hydrogen) atoms. The highest BCUT2D eigenvalue weighted by Crippen LogP contribution is 2.23. The lowest BCUT2D eigenvalue weighted by Crippen LogP contribution is -2.46. The van der Waals surface area contributed by atoms with E-state index >= 15 is 0 Å². The molecule has 1 saturated heterocycles. The van der Waals surface area contributed by atoms with Crippen molar-refractivity contribution in [3.63, 3.8) is 0 Å². The second-order valence-corrected chi connectivity index (χ2v) is 9.13. The monoisotopic (exact) mass is 353 g/mol. The predicted octanol–water partition coefficient (Wildman–Crippen LogP) is 1.21. The van der Waals surface area contributed by atoms with Crippen LogP contribution in [-0.4, -0.2) is 44.9 Å². The summed E-state index contributed by atoms with van der Waals surface area (Å²) in [5.41, 5.74) is 6.27. The first kappa shape index (κ1) is 18.9. The van der Waals surface area contributed by atoms with Crippen LogP contribution in [0.5, 0.6) is 0 Å². The largest absolute Gasteiger partial charge is 0.369 e. The van der Waals surface area contributed by atoms with Crippen LogP contribution in [0.15, 0.2) is 29.2 Å². The maximum Gasteiger partial charge on any atom is 0.240 e. The number of nitrogens with zero attached hydrogens (tertiary/aromatic N) is 1. The minimum absolute atomic E-state index is 0.0109. The topological polar surface area (TPSA) is 92.5 Å². The third-order valence-corrected chi connectivity index (χ3v) is 5.86. The van der Waals surface area contributed by atoms with Gasteiger partial charge in [-0.25, -0.2) is 13.1 Å². The average Bonchev–Trinajstić information content (AvgIpc) is 2.48. The summed E-state index contributed by atoms with van der Waals surface area (Å²) < 4.78 is 27.8. The molecule has 1 aliphatic heterocycles. The molecular formula is C17H27N3O3S. The number of hydrogen-bond acceptors (Lipinski definition) is 4. The van der Waals surface area contributed by atoms with Crippen LogP contribution in [-0.2, 0) is 20.2 Å². The van der Waals surface area contributed by atoms with Gasteiger partial charge in [0.05, 0.1) is 11.4 Å². The Hall–Kier alpha value is -1.44. The van der Waals surface area contributed by atoms with Gasteiger partial charge in [0.25, 0.3) is 0 Å². The van der Waals surface area contributed by atoms with Gasteiger partial charge in [-0.1, -0.05) is 32.9 Å². The fourth-order valence-electron chi connectivity index (χ4n) is 2.85. The van der Waals surface area contributed by atoms with Crippen molar-refractivity contribution in [3.05, 3.63) is 29.8 Å². The van der Waals surface area contributed by atoms with Crippen LogP contribution in [0, 0.1) is 0 Å². The third-order valence-electron chi connectivity index (χ3n) is 4.32. The van der Waals surface area contributed by atoms with Crippen LogP contribution in [0.4, 0.5) is 0 Å². The van der Waals surface area contributed by atoms with Gasteiger partial charge in [0.1, 0.15) is 0 Å². The summed E-state index contributed by atoms with van der Waals surface area (Å²) in [5, 5.41) is 0. The molecule has 0 saturated carbocycles. The molecule has 0 radical (unpaired) electrons. The normalized spacial score (nSPS) is 17.8. The van der Waals surface area contributed by atoms with Gasteiger partial charge in [0.15, 0.2) is 0 Å². The minimum atomic E-state index is -3.52.